The summed E-state index contributed by atoms with van der Waals surface area (Å²) in [6.07, 6.45) is 0. The Balaban J connectivity index is 2.07. The van der Waals surface area contributed by atoms with Crippen LogP contribution in [0.1, 0.15) is 11.1 Å². The van der Waals surface area contributed by atoms with E-state index in [2.05, 4.69) is 10.6 Å². The van der Waals surface area contributed by atoms with E-state index in [0.717, 1.165) is 16.8 Å². The predicted molar refractivity (Wildman–Crippen MR) is 93.6 cm³/mol. The first-order chi connectivity index (χ1) is 10.3. The third-order valence-electron chi connectivity index (χ3n) is 3.08. The van der Waals surface area contributed by atoms with E-state index in [1.807, 2.05) is 32.0 Å². The Labute approximate surface area is 135 Å². The molecule has 0 saturated carbocycles. The Hall–Kier alpha value is -1.96. The van der Waals surface area contributed by atoms with Gasteiger partial charge >= 0.3 is 0 Å². The molecule has 116 valence electrons. The second-order valence-electron chi connectivity index (χ2n) is 4.97. The Morgan fingerprint density at radius 2 is 1.68 bits per heavy atom. The number of primary sulfonamides is 1. The maximum absolute atomic E-state index is 11.2. The van der Waals surface area contributed by atoms with Crippen molar-refractivity contribution < 1.29 is 8.42 Å². The zero-order valence-corrected chi connectivity index (χ0v) is 13.9. The Bertz CT molecular complexity index is 800. The third kappa shape index (κ3) is 4.27. The van der Waals surface area contributed by atoms with E-state index in [1.165, 1.54) is 12.1 Å². The van der Waals surface area contributed by atoms with Crippen LogP contribution in [0.25, 0.3) is 0 Å². The fourth-order valence-electron chi connectivity index (χ4n) is 1.88. The quantitative estimate of drug-likeness (QED) is 0.751. The lowest BCUT2D eigenvalue weighted by Gasteiger charge is -2.13. The van der Waals surface area contributed by atoms with E-state index < -0.39 is 10.0 Å². The number of rotatable bonds is 3. The number of sulfonamides is 1. The summed E-state index contributed by atoms with van der Waals surface area (Å²) in [6.45, 7) is 4.00. The smallest absolute Gasteiger partial charge is 0.238 e. The van der Waals surface area contributed by atoms with Crippen LogP contribution in [0.3, 0.4) is 0 Å². The molecule has 0 bridgehead atoms. The van der Waals surface area contributed by atoms with Crippen molar-refractivity contribution in [2.45, 2.75) is 18.7 Å². The van der Waals surface area contributed by atoms with Crippen molar-refractivity contribution in [2.24, 2.45) is 5.14 Å². The molecule has 0 heterocycles. The van der Waals surface area contributed by atoms with Crippen LogP contribution in [0, 0.1) is 13.8 Å². The normalized spacial score (nSPS) is 11.0. The minimum atomic E-state index is -3.68. The molecule has 0 atom stereocenters. The van der Waals surface area contributed by atoms with Gasteiger partial charge in [0.1, 0.15) is 0 Å². The number of thiocarbonyl (C=S) groups is 1. The Kier molecular flexibility index (Phi) is 4.80. The fourth-order valence-corrected chi connectivity index (χ4v) is 2.63. The standard InChI is InChI=1S/C15H17N3O2S2/c1-10-3-4-11(2)14(9-10)18-15(21)17-12-5-7-13(8-6-12)22(16,19)20/h3-9H,1-2H3,(H2,16,19,20)(H2,17,18,21). The molecule has 0 spiro atoms. The maximum atomic E-state index is 11.2. The van der Waals surface area contributed by atoms with Gasteiger partial charge < -0.3 is 10.6 Å². The van der Waals surface area contributed by atoms with E-state index in [4.69, 9.17) is 17.4 Å². The molecule has 2 aromatic carbocycles. The van der Waals surface area contributed by atoms with E-state index in [1.54, 1.807) is 12.1 Å². The monoisotopic (exact) mass is 335 g/mol. The highest BCUT2D eigenvalue weighted by molar-refractivity contribution is 7.89. The first-order valence-corrected chi connectivity index (χ1v) is 8.49. The van der Waals surface area contributed by atoms with Gasteiger partial charge in [-0.2, -0.15) is 0 Å². The lowest BCUT2D eigenvalue weighted by atomic mass is 10.1. The molecule has 7 heteroatoms. The summed E-state index contributed by atoms with van der Waals surface area (Å²) in [5.41, 5.74) is 3.82. The molecule has 4 N–H and O–H groups in total. The number of hydrogen-bond donors (Lipinski definition) is 3. The number of nitrogens with one attached hydrogen (secondary N) is 2. The lowest BCUT2D eigenvalue weighted by molar-refractivity contribution is 0.598. The first-order valence-electron chi connectivity index (χ1n) is 6.54. The second kappa shape index (κ2) is 6.43. The van der Waals surface area contributed by atoms with Gasteiger partial charge in [-0.3, -0.25) is 0 Å². The summed E-state index contributed by atoms with van der Waals surface area (Å²) >= 11 is 5.26. The lowest BCUT2D eigenvalue weighted by Crippen LogP contribution is -2.20. The molecule has 0 aliphatic heterocycles. The average Bonchev–Trinajstić information content (AvgIpc) is 2.42. The van der Waals surface area contributed by atoms with Crippen molar-refractivity contribution in [1.82, 2.24) is 0 Å². The van der Waals surface area contributed by atoms with Crippen LogP contribution in [-0.4, -0.2) is 13.5 Å². The van der Waals surface area contributed by atoms with Crippen LogP contribution in [0.2, 0.25) is 0 Å². The molecular formula is C15H17N3O2S2. The van der Waals surface area contributed by atoms with Crippen LogP contribution >= 0.6 is 12.2 Å². The number of benzene rings is 2. The highest BCUT2D eigenvalue weighted by atomic mass is 32.2. The van der Waals surface area contributed by atoms with Crippen LogP contribution in [0.15, 0.2) is 47.4 Å². The molecule has 5 nitrogen and oxygen atoms in total. The van der Waals surface area contributed by atoms with E-state index in [0.29, 0.717) is 10.8 Å². The van der Waals surface area contributed by atoms with Gasteiger partial charge in [-0.15, -0.1) is 0 Å². The minimum Gasteiger partial charge on any atom is -0.332 e. The highest BCUT2D eigenvalue weighted by Crippen LogP contribution is 2.17. The van der Waals surface area contributed by atoms with Crippen molar-refractivity contribution in [3.63, 3.8) is 0 Å². The molecule has 0 fully saturated rings. The Morgan fingerprint density at radius 3 is 2.27 bits per heavy atom. The van der Waals surface area contributed by atoms with Gasteiger partial charge in [0.2, 0.25) is 10.0 Å². The number of anilines is 2. The van der Waals surface area contributed by atoms with Crippen molar-refractivity contribution in [2.75, 3.05) is 10.6 Å². The highest BCUT2D eigenvalue weighted by Gasteiger charge is 2.07. The number of aryl methyl sites for hydroxylation is 2. The van der Waals surface area contributed by atoms with Crippen molar-refractivity contribution in [1.29, 1.82) is 0 Å². The molecule has 22 heavy (non-hydrogen) atoms. The van der Waals surface area contributed by atoms with Crippen LogP contribution < -0.4 is 15.8 Å². The Morgan fingerprint density at radius 1 is 1.05 bits per heavy atom. The first kappa shape index (κ1) is 16.4. The molecule has 0 amide bonds. The number of nitrogens with two attached hydrogens (primary N) is 1. The molecule has 0 saturated heterocycles. The fraction of sp³-hybridized carbons (Fsp3) is 0.133. The molecular weight excluding hydrogens is 318 g/mol. The van der Waals surface area contributed by atoms with E-state index in [9.17, 15) is 8.42 Å². The summed E-state index contributed by atoms with van der Waals surface area (Å²) in [4.78, 5) is 0.0615. The van der Waals surface area contributed by atoms with Gasteiger partial charge in [0.15, 0.2) is 5.11 Å². The maximum Gasteiger partial charge on any atom is 0.238 e. The van der Waals surface area contributed by atoms with Gasteiger partial charge in [-0.05, 0) is 67.5 Å². The average molecular weight is 335 g/mol. The summed E-state index contributed by atoms with van der Waals surface area (Å²) in [5, 5.41) is 11.6. The predicted octanol–water partition coefficient (Wildman–Crippen LogP) is 2.76. The largest absolute Gasteiger partial charge is 0.332 e. The molecule has 0 radical (unpaired) electrons. The van der Waals surface area contributed by atoms with Crippen LogP contribution in [0.4, 0.5) is 11.4 Å². The zero-order chi connectivity index (χ0) is 16.3. The third-order valence-corrected chi connectivity index (χ3v) is 4.22. The van der Waals surface area contributed by atoms with Gasteiger partial charge in [0.25, 0.3) is 0 Å². The van der Waals surface area contributed by atoms with Crippen molar-refractivity contribution in [3.05, 3.63) is 53.6 Å². The zero-order valence-electron chi connectivity index (χ0n) is 12.3. The topological polar surface area (TPSA) is 84.2 Å². The minimum absolute atomic E-state index is 0.0615. The summed E-state index contributed by atoms with van der Waals surface area (Å²) in [7, 11) is -3.68. The van der Waals surface area contributed by atoms with E-state index in [-0.39, 0.29) is 4.90 Å². The molecule has 0 aliphatic carbocycles. The van der Waals surface area contributed by atoms with Crippen LogP contribution in [0.5, 0.6) is 0 Å². The molecule has 0 unspecified atom stereocenters. The van der Waals surface area contributed by atoms with Gasteiger partial charge in [0.05, 0.1) is 4.90 Å². The SMILES string of the molecule is Cc1ccc(C)c(NC(=S)Nc2ccc(S(N)(=O)=O)cc2)c1. The molecule has 0 aliphatic rings. The number of hydrogen-bond acceptors (Lipinski definition) is 3. The van der Waals surface area contributed by atoms with Gasteiger partial charge in [-0.25, -0.2) is 13.6 Å². The van der Waals surface area contributed by atoms with Crippen molar-refractivity contribution in [3.8, 4) is 0 Å². The summed E-state index contributed by atoms with van der Waals surface area (Å²) < 4.78 is 22.4. The summed E-state index contributed by atoms with van der Waals surface area (Å²) in [6, 6.07) is 12.1. The molecule has 0 aromatic heterocycles. The molecule has 2 aromatic rings. The van der Waals surface area contributed by atoms with Gasteiger partial charge in [-0.1, -0.05) is 12.1 Å². The molecule has 2 rings (SSSR count). The van der Waals surface area contributed by atoms with Crippen LogP contribution in [-0.2, 0) is 10.0 Å². The van der Waals surface area contributed by atoms with Gasteiger partial charge in [0, 0.05) is 11.4 Å². The second-order valence-corrected chi connectivity index (χ2v) is 6.94. The van der Waals surface area contributed by atoms with E-state index >= 15 is 0 Å². The summed E-state index contributed by atoms with van der Waals surface area (Å²) in [5.74, 6) is 0. The van der Waals surface area contributed by atoms with Crippen molar-refractivity contribution >= 4 is 38.7 Å².